The van der Waals surface area contributed by atoms with E-state index in [1.807, 2.05) is 37.3 Å². The van der Waals surface area contributed by atoms with Gasteiger partial charge in [-0.3, -0.25) is 4.79 Å². The highest BCUT2D eigenvalue weighted by Gasteiger charge is 2.15. The molecule has 0 radical (unpaired) electrons. The number of carbonyl (C=O) groups excluding carboxylic acids is 1. The third-order valence-electron chi connectivity index (χ3n) is 3.21. The van der Waals surface area contributed by atoms with E-state index >= 15 is 0 Å². The van der Waals surface area contributed by atoms with Crippen molar-refractivity contribution >= 4 is 5.78 Å². The van der Waals surface area contributed by atoms with Gasteiger partial charge >= 0.3 is 0 Å². The molecule has 0 amide bonds. The lowest BCUT2D eigenvalue weighted by Gasteiger charge is -2.18. The minimum atomic E-state index is -0.394. The molecule has 0 saturated heterocycles. The highest BCUT2D eigenvalue weighted by molar-refractivity contribution is 5.96. The molecular formula is C17H17FO2. The van der Waals surface area contributed by atoms with Crippen molar-refractivity contribution in [3.63, 3.8) is 0 Å². The number of carbonyl (C=O) groups is 1. The lowest BCUT2D eigenvalue weighted by molar-refractivity contribution is 0.101. The highest BCUT2D eigenvalue weighted by atomic mass is 19.1. The fourth-order valence-corrected chi connectivity index (χ4v) is 2.01. The van der Waals surface area contributed by atoms with E-state index in [0.717, 1.165) is 5.56 Å². The average Bonchev–Trinajstić information content (AvgIpc) is 2.43. The lowest BCUT2D eigenvalue weighted by atomic mass is 10.1. The van der Waals surface area contributed by atoms with Gasteiger partial charge in [0.1, 0.15) is 17.7 Å². The van der Waals surface area contributed by atoms with Gasteiger partial charge in [-0.25, -0.2) is 4.39 Å². The largest absolute Gasteiger partial charge is 0.485 e. The van der Waals surface area contributed by atoms with Crippen LogP contribution in [0.4, 0.5) is 4.39 Å². The van der Waals surface area contributed by atoms with Gasteiger partial charge in [-0.05, 0) is 44.0 Å². The lowest BCUT2D eigenvalue weighted by Crippen LogP contribution is -2.07. The molecule has 104 valence electrons. The Morgan fingerprint density at radius 3 is 2.45 bits per heavy atom. The molecule has 0 spiro atoms. The van der Waals surface area contributed by atoms with Gasteiger partial charge in [-0.15, -0.1) is 0 Å². The molecule has 0 fully saturated rings. The van der Waals surface area contributed by atoms with Gasteiger partial charge < -0.3 is 4.74 Å². The Morgan fingerprint density at radius 2 is 1.85 bits per heavy atom. The molecule has 3 heteroatoms. The zero-order valence-corrected chi connectivity index (χ0v) is 11.8. The van der Waals surface area contributed by atoms with Gasteiger partial charge in [0.25, 0.3) is 0 Å². The molecule has 0 aromatic heterocycles. The van der Waals surface area contributed by atoms with E-state index in [9.17, 15) is 9.18 Å². The fourth-order valence-electron chi connectivity index (χ4n) is 2.01. The van der Waals surface area contributed by atoms with Crippen molar-refractivity contribution in [2.75, 3.05) is 0 Å². The molecule has 1 unspecified atom stereocenters. The Labute approximate surface area is 118 Å². The summed E-state index contributed by atoms with van der Waals surface area (Å²) in [5.74, 6) is -0.179. The molecular weight excluding hydrogens is 255 g/mol. The number of ether oxygens (including phenoxy) is 1. The van der Waals surface area contributed by atoms with E-state index in [-0.39, 0.29) is 17.5 Å². The maximum absolute atomic E-state index is 13.6. The number of hydrogen-bond donors (Lipinski definition) is 0. The summed E-state index contributed by atoms with van der Waals surface area (Å²) in [5.41, 5.74) is 1.74. The summed E-state index contributed by atoms with van der Waals surface area (Å²) in [6.07, 6.45) is -0.209. The van der Waals surface area contributed by atoms with Crippen molar-refractivity contribution in [3.8, 4) is 5.75 Å². The summed E-state index contributed by atoms with van der Waals surface area (Å²) in [4.78, 5) is 11.6. The molecule has 0 aliphatic carbocycles. The van der Waals surface area contributed by atoms with Crippen LogP contribution in [0.15, 0.2) is 42.5 Å². The Balaban J connectivity index is 2.33. The number of ketones is 1. The first-order chi connectivity index (χ1) is 9.49. The van der Waals surface area contributed by atoms with Gasteiger partial charge in [0.05, 0.1) is 5.56 Å². The zero-order valence-electron chi connectivity index (χ0n) is 11.8. The predicted octanol–water partition coefficient (Wildman–Crippen LogP) is 4.48. The van der Waals surface area contributed by atoms with Crippen LogP contribution in [-0.4, -0.2) is 5.78 Å². The van der Waals surface area contributed by atoms with Gasteiger partial charge in [-0.2, -0.15) is 0 Å². The van der Waals surface area contributed by atoms with E-state index in [2.05, 4.69) is 0 Å². The molecule has 0 N–H and O–H groups in total. The third kappa shape index (κ3) is 3.05. The second kappa shape index (κ2) is 5.87. The van der Waals surface area contributed by atoms with Crippen LogP contribution in [0.1, 0.15) is 41.4 Å². The predicted molar refractivity (Wildman–Crippen MR) is 76.6 cm³/mol. The standard InChI is InChI=1S/C17H17FO2/c1-11-9-17(15(12(2)19)10-16(11)18)20-13(3)14-7-5-4-6-8-14/h4-10,13H,1-3H3. The second-order valence-corrected chi connectivity index (χ2v) is 4.82. The van der Waals surface area contributed by atoms with Crippen molar-refractivity contribution in [2.24, 2.45) is 0 Å². The van der Waals surface area contributed by atoms with E-state index in [1.54, 1.807) is 13.0 Å². The van der Waals surface area contributed by atoms with Crippen molar-refractivity contribution in [2.45, 2.75) is 26.9 Å². The van der Waals surface area contributed by atoms with E-state index < -0.39 is 5.82 Å². The molecule has 1 atom stereocenters. The topological polar surface area (TPSA) is 26.3 Å². The van der Waals surface area contributed by atoms with Crippen molar-refractivity contribution in [1.82, 2.24) is 0 Å². The summed E-state index contributed by atoms with van der Waals surface area (Å²) >= 11 is 0. The van der Waals surface area contributed by atoms with Crippen molar-refractivity contribution < 1.29 is 13.9 Å². The molecule has 0 heterocycles. The molecule has 2 nitrogen and oxygen atoms in total. The molecule has 0 aliphatic heterocycles. The maximum atomic E-state index is 13.6. The SMILES string of the molecule is CC(=O)c1cc(F)c(C)cc1OC(C)c1ccccc1. The van der Waals surface area contributed by atoms with Crippen LogP contribution in [0.25, 0.3) is 0 Å². The third-order valence-corrected chi connectivity index (χ3v) is 3.21. The Bertz CT molecular complexity index is 620. The van der Waals surface area contributed by atoms with Crippen LogP contribution in [0, 0.1) is 12.7 Å². The number of halogens is 1. The minimum Gasteiger partial charge on any atom is -0.485 e. The average molecular weight is 272 g/mol. The number of Topliss-reactive ketones (excluding diaryl/α,β-unsaturated/α-hetero) is 1. The first kappa shape index (κ1) is 14.3. The molecule has 0 bridgehead atoms. The van der Waals surface area contributed by atoms with Crippen LogP contribution in [0.3, 0.4) is 0 Å². The normalized spacial score (nSPS) is 12.0. The zero-order chi connectivity index (χ0) is 14.7. The Morgan fingerprint density at radius 1 is 1.20 bits per heavy atom. The molecule has 0 aliphatic rings. The maximum Gasteiger partial charge on any atom is 0.163 e. The monoisotopic (exact) mass is 272 g/mol. The number of benzene rings is 2. The van der Waals surface area contributed by atoms with Crippen LogP contribution >= 0.6 is 0 Å². The Hall–Kier alpha value is -2.16. The summed E-state index contributed by atoms with van der Waals surface area (Å²) in [6.45, 7) is 4.96. The van der Waals surface area contributed by atoms with E-state index in [0.29, 0.717) is 11.3 Å². The van der Waals surface area contributed by atoms with Crippen LogP contribution in [-0.2, 0) is 0 Å². The smallest absolute Gasteiger partial charge is 0.163 e. The van der Waals surface area contributed by atoms with Crippen molar-refractivity contribution in [3.05, 3.63) is 65.0 Å². The second-order valence-electron chi connectivity index (χ2n) is 4.82. The summed E-state index contributed by atoms with van der Waals surface area (Å²) in [6, 6.07) is 12.5. The quantitative estimate of drug-likeness (QED) is 0.767. The number of hydrogen-bond acceptors (Lipinski definition) is 2. The van der Waals surface area contributed by atoms with E-state index in [1.165, 1.54) is 13.0 Å². The molecule has 20 heavy (non-hydrogen) atoms. The van der Waals surface area contributed by atoms with Gasteiger partial charge in [-0.1, -0.05) is 30.3 Å². The van der Waals surface area contributed by atoms with Gasteiger partial charge in [0.2, 0.25) is 0 Å². The Kier molecular flexibility index (Phi) is 4.18. The summed E-state index contributed by atoms with van der Waals surface area (Å²) in [5, 5.41) is 0. The van der Waals surface area contributed by atoms with Crippen LogP contribution in [0.5, 0.6) is 5.75 Å². The summed E-state index contributed by atoms with van der Waals surface area (Å²) < 4.78 is 19.4. The van der Waals surface area contributed by atoms with Crippen LogP contribution < -0.4 is 4.74 Å². The molecule has 2 aromatic rings. The molecule has 2 aromatic carbocycles. The van der Waals surface area contributed by atoms with Crippen LogP contribution in [0.2, 0.25) is 0 Å². The van der Waals surface area contributed by atoms with Gasteiger partial charge in [0.15, 0.2) is 5.78 Å². The molecule has 2 rings (SSSR count). The summed E-state index contributed by atoms with van der Waals surface area (Å²) in [7, 11) is 0. The minimum absolute atomic E-state index is 0.209. The first-order valence-corrected chi connectivity index (χ1v) is 6.51. The number of aryl methyl sites for hydroxylation is 1. The first-order valence-electron chi connectivity index (χ1n) is 6.51. The number of rotatable bonds is 4. The van der Waals surface area contributed by atoms with Gasteiger partial charge in [0, 0.05) is 0 Å². The van der Waals surface area contributed by atoms with E-state index in [4.69, 9.17) is 4.74 Å². The van der Waals surface area contributed by atoms with Crippen molar-refractivity contribution in [1.29, 1.82) is 0 Å². The highest BCUT2D eigenvalue weighted by Crippen LogP contribution is 2.28. The molecule has 0 saturated carbocycles. The fraction of sp³-hybridized carbons (Fsp3) is 0.235.